The maximum absolute atomic E-state index is 10.2. The Morgan fingerprint density at radius 3 is 1.65 bits per heavy atom. The average molecular weight is 280 g/mol. The van der Waals surface area contributed by atoms with Crippen molar-refractivity contribution in [2.75, 3.05) is 6.61 Å². The van der Waals surface area contributed by atoms with Crippen molar-refractivity contribution in [1.82, 2.24) is 0 Å². The molecule has 0 aromatic carbocycles. The molecule has 8 nitrogen and oxygen atoms in total. The number of aliphatic hydroxyl groups is 6. The zero-order chi connectivity index (χ0) is 12.2. The van der Waals surface area contributed by atoms with Crippen molar-refractivity contribution < 1.29 is 40.5 Å². The summed E-state index contributed by atoms with van der Waals surface area (Å²) in [4.78, 5) is 10.2. The Balaban J connectivity index is -0.000000980. The fraction of sp³-hybridized carbons (Fsp3) is 0.857. The van der Waals surface area contributed by atoms with E-state index < -0.39 is 43.1 Å². The molecule has 98 valence electrons. The van der Waals surface area contributed by atoms with Crippen molar-refractivity contribution in [2.24, 2.45) is 0 Å². The zero-order valence-electron chi connectivity index (χ0n) is 7.63. The zero-order valence-corrected chi connectivity index (χ0v) is 7.63. The molecule has 0 aliphatic rings. The van der Waals surface area contributed by atoms with Crippen molar-refractivity contribution in [3.05, 3.63) is 0 Å². The molecule has 5 atom stereocenters. The molecule has 0 amide bonds. The van der Waals surface area contributed by atoms with Gasteiger partial charge in [0.1, 0.15) is 24.4 Å². The van der Waals surface area contributed by atoms with E-state index >= 15 is 0 Å². The third kappa shape index (κ3) is 7.05. The normalized spacial score (nSPS) is 18.9. The number of aliphatic hydroxyl groups excluding tert-OH is 6. The average Bonchev–Trinajstić information content (AvgIpc) is 2.23. The van der Waals surface area contributed by atoms with E-state index in [0.29, 0.717) is 0 Å². The summed E-state index contributed by atoms with van der Waals surface area (Å²) in [5.74, 6) is -1.78. The maximum atomic E-state index is 10.2. The van der Waals surface area contributed by atoms with Gasteiger partial charge >= 0.3 is 35.5 Å². The van der Waals surface area contributed by atoms with E-state index in [-0.39, 0.29) is 46.9 Å². The molecule has 0 radical (unpaired) electrons. The second kappa shape index (κ2) is 10.7. The third-order valence-corrected chi connectivity index (χ3v) is 1.86. The van der Waals surface area contributed by atoms with Gasteiger partial charge in [0.2, 0.25) is 0 Å². The van der Waals surface area contributed by atoms with Gasteiger partial charge in [0.05, 0.1) is 6.61 Å². The van der Waals surface area contributed by atoms with Crippen molar-refractivity contribution in [2.45, 2.75) is 30.5 Å². The van der Waals surface area contributed by atoms with Crippen molar-refractivity contribution in [3.63, 3.8) is 0 Å². The summed E-state index contributed by atoms with van der Waals surface area (Å²) in [7, 11) is 0. The number of hydrogen-bond donors (Lipinski definition) is 7. The van der Waals surface area contributed by atoms with Crippen LogP contribution in [0.25, 0.3) is 0 Å². The summed E-state index contributed by atoms with van der Waals surface area (Å²) in [5.41, 5.74) is 0. The molecule has 0 bridgehead atoms. The number of hydrogen-bond acceptors (Lipinski definition) is 7. The predicted octanol–water partition coefficient (Wildman–Crippen LogP) is -5.96. The summed E-state index contributed by atoms with van der Waals surface area (Å²) in [5, 5.41) is 61.5. The van der Waals surface area contributed by atoms with Crippen molar-refractivity contribution in [1.29, 1.82) is 0 Å². The van der Waals surface area contributed by atoms with E-state index in [1.807, 2.05) is 0 Å². The van der Waals surface area contributed by atoms with Crippen LogP contribution < -0.4 is 0 Å². The predicted molar refractivity (Wildman–Crippen MR) is 61.8 cm³/mol. The van der Waals surface area contributed by atoms with Crippen LogP contribution in [-0.4, -0.2) is 126 Å². The first kappa shape index (κ1) is 22.9. The molecule has 0 rings (SSSR count). The van der Waals surface area contributed by atoms with Gasteiger partial charge in [-0.3, -0.25) is 0 Å². The molecule has 1 unspecified atom stereocenters. The van der Waals surface area contributed by atoms with Gasteiger partial charge in [0, 0.05) is 0 Å². The molecule has 17 heavy (non-hydrogen) atoms. The van der Waals surface area contributed by atoms with Crippen LogP contribution in [-0.2, 0) is 4.79 Å². The van der Waals surface area contributed by atoms with E-state index in [0.717, 1.165) is 0 Å². The molecular formula is C7H18AlNaO8. The fourth-order valence-electron chi connectivity index (χ4n) is 0.870. The SMILES string of the molecule is O=C(O)[C@H](O)[C@@H](O)[C@H](O)[C@H](O)C(O)CO.[AlH3].[NaH]. The Morgan fingerprint density at radius 2 is 1.35 bits per heavy atom. The van der Waals surface area contributed by atoms with Gasteiger partial charge in [-0.15, -0.1) is 0 Å². The summed E-state index contributed by atoms with van der Waals surface area (Å²) in [6.45, 7) is -0.881. The molecular weight excluding hydrogens is 262 g/mol. The summed E-state index contributed by atoms with van der Waals surface area (Å²) in [6, 6.07) is 0. The minimum atomic E-state index is -2.29. The first-order chi connectivity index (χ1) is 6.82. The molecule has 0 fully saturated rings. The van der Waals surface area contributed by atoms with E-state index in [4.69, 9.17) is 35.7 Å². The third-order valence-electron chi connectivity index (χ3n) is 1.86. The van der Waals surface area contributed by atoms with Gasteiger partial charge in [0.25, 0.3) is 0 Å². The van der Waals surface area contributed by atoms with Gasteiger partial charge in [-0.2, -0.15) is 0 Å². The Bertz CT molecular complexity index is 218. The summed E-state index contributed by atoms with van der Waals surface area (Å²) in [6.07, 6.45) is -10.2. The topological polar surface area (TPSA) is 159 Å². The van der Waals surface area contributed by atoms with Gasteiger partial charge in [-0.05, 0) is 0 Å². The monoisotopic (exact) mass is 280 g/mol. The van der Waals surface area contributed by atoms with Crippen LogP contribution in [0.1, 0.15) is 0 Å². The number of rotatable bonds is 6. The molecule has 0 aliphatic heterocycles. The Kier molecular flexibility index (Phi) is 14.4. The number of carboxylic acids is 1. The van der Waals surface area contributed by atoms with Crippen LogP contribution in [0.4, 0.5) is 0 Å². The van der Waals surface area contributed by atoms with Crippen LogP contribution in [0.15, 0.2) is 0 Å². The fourth-order valence-corrected chi connectivity index (χ4v) is 0.870. The molecule has 0 aromatic rings. The van der Waals surface area contributed by atoms with Gasteiger partial charge in [0.15, 0.2) is 23.5 Å². The second-order valence-corrected chi connectivity index (χ2v) is 3.00. The van der Waals surface area contributed by atoms with Gasteiger partial charge in [-0.1, -0.05) is 0 Å². The van der Waals surface area contributed by atoms with Crippen LogP contribution in [0, 0.1) is 0 Å². The van der Waals surface area contributed by atoms with E-state index in [1.54, 1.807) is 0 Å². The second-order valence-electron chi connectivity index (χ2n) is 3.00. The van der Waals surface area contributed by atoms with E-state index in [9.17, 15) is 4.79 Å². The Labute approximate surface area is 130 Å². The Morgan fingerprint density at radius 1 is 0.941 bits per heavy atom. The molecule has 0 spiro atoms. The van der Waals surface area contributed by atoms with Gasteiger partial charge < -0.3 is 35.7 Å². The summed E-state index contributed by atoms with van der Waals surface area (Å²) < 4.78 is 0. The summed E-state index contributed by atoms with van der Waals surface area (Å²) >= 11 is 0. The molecule has 7 N–H and O–H groups in total. The van der Waals surface area contributed by atoms with E-state index in [1.165, 1.54) is 0 Å². The number of aliphatic carboxylic acids is 1. The number of carboxylic acid groups (broad SMARTS) is 1. The molecule has 0 aliphatic carbocycles. The minimum absolute atomic E-state index is 0. The first-order valence-electron chi connectivity index (χ1n) is 4.07. The molecule has 0 saturated carbocycles. The molecule has 0 heterocycles. The molecule has 10 heteroatoms. The number of carbonyl (C=O) groups is 1. The van der Waals surface area contributed by atoms with Crippen LogP contribution in [0.3, 0.4) is 0 Å². The van der Waals surface area contributed by atoms with Crippen LogP contribution >= 0.6 is 0 Å². The van der Waals surface area contributed by atoms with Gasteiger partial charge in [-0.25, -0.2) is 4.79 Å². The van der Waals surface area contributed by atoms with Crippen molar-refractivity contribution >= 4 is 52.9 Å². The quantitative estimate of drug-likeness (QED) is 0.237. The standard InChI is InChI=1S/C7H14O8.Al.Na.4H/c8-1-2(9)3(10)4(11)5(12)6(13)7(14)15;;;;;;/h2-6,8-13H,1H2,(H,14,15);;;;;;/t2?,3-,4-,5+,6-;;;;;;/m1....../s1. The van der Waals surface area contributed by atoms with Crippen LogP contribution in [0.5, 0.6) is 0 Å². The Hall–Kier alpha value is 0.762. The van der Waals surface area contributed by atoms with Crippen molar-refractivity contribution in [3.8, 4) is 0 Å². The van der Waals surface area contributed by atoms with Crippen LogP contribution in [0.2, 0.25) is 0 Å². The first-order valence-corrected chi connectivity index (χ1v) is 4.07. The molecule has 0 saturated heterocycles. The van der Waals surface area contributed by atoms with E-state index in [2.05, 4.69) is 0 Å². The molecule has 0 aromatic heterocycles.